The summed E-state index contributed by atoms with van der Waals surface area (Å²) in [6.45, 7) is 1.94. The number of carbonyl (C=O) groups is 1. The normalized spacial score (nSPS) is 35.1. The van der Waals surface area contributed by atoms with Gasteiger partial charge < -0.3 is 10.4 Å². The summed E-state index contributed by atoms with van der Waals surface area (Å²) in [5, 5.41) is 43.5. The van der Waals surface area contributed by atoms with Gasteiger partial charge in [-0.05, 0) is 12.0 Å². The van der Waals surface area contributed by atoms with Gasteiger partial charge in [0.15, 0.2) is 10.8 Å². The maximum Gasteiger partial charge on any atom is 0.245 e. The molecule has 1 aliphatic carbocycles. The highest BCUT2D eigenvalue weighted by molar-refractivity contribution is 5.92. The molecular formula is C19H18N4O2. The van der Waals surface area contributed by atoms with Gasteiger partial charge in [0.2, 0.25) is 5.91 Å². The monoisotopic (exact) mass is 334 g/mol. The van der Waals surface area contributed by atoms with E-state index in [1.165, 1.54) is 0 Å². The van der Waals surface area contributed by atoms with Crippen LogP contribution >= 0.6 is 0 Å². The van der Waals surface area contributed by atoms with Gasteiger partial charge in [-0.3, -0.25) is 4.79 Å². The minimum absolute atomic E-state index is 0.246. The standard InChI is InChI=1S/C19H18N4O2/c1-2-6-14-15(13-7-4-3-5-8-13)18(11-21,12-22)17(10-20)9-19(14,25)23-16(17)24/h3-5,7-8,14-15,25H,2,6,9H2,1H3,(H,23,24). The van der Waals surface area contributed by atoms with Gasteiger partial charge in [0.1, 0.15) is 5.72 Å². The third-order valence-electron chi connectivity index (χ3n) is 5.71. The lowest BCUT2D eigenvalue weighted by Crippen LogP contribution is -2.57. The van der Waals surface area contributed by atoms with Crippen molar-refractivity contribution in [1.82, 2.24) is 5.32 Å². The second-order valence-electron chi connectivity index (χ2n) is 6.89. The minimum Gasteiger partial charge on any atom is -0.371 e. The van der Waals surface area contributed by atoms with Crippen LogP contribution in [0.2, 0.25) is 0 Å². The first-order valence-electron chi connectivity index (χ1n) is 8.28. The van der Waals surface area contributed by atoms with E-state index in [0.29, 0.717) is 18.4 Å². The summed E-state index contributed by atoms with van der Waals surface area (Å²) in [6, 6.07) is 14.9. The molecule has 2 N–H and O–H groups in total. The van der Waals surface area contributed by atoms with Gasteiger partial charge in [0.25, 0.3) is 0 Å². The van der Waals surface area contributed by atoms with Crippen molar-refractivity contribution in [3.8, 4) is 18.2 Å². The van der Waals surface area contributed by atoms with Crippen molar-refractivity contribution in [2.24, 2.45) is 16.7 Å². The zero-order valence-electron chi connectivity index (χ0n) is 13.9. The fraction of sp³-hybridized carbons (Fsp3) is 0.474. The van der Waals surface area contributed by atoms with Gasteiger partial charge in [-0.25, -0.2) is 0 Å². The smallest absolute Gasteiger partial charge is 0.245 e. The lowest BCUT2D eigenvalue weighted by molar-refractivity contribution is -0.128. The van der Waals surface area contributed by atoms with Crippen molar-refractivity contribution < 1.29 is 9.90 Å². The summed E-state index contributed by atoms with van der Waals surface area (Å²) in [6.07, 6.45) is 0.978. The summed E-state index contributed by atoms with van der Waals surface area (Å²) in [4.78, 5) is 12.7. The van der Waals surface area contributed by atoms with Crippen LogP contribution in [0.4, 0.5) is 0 Å². The summed E-state index contributed by atoms with van der Waals surface area (Å²) < 4.78 is 0. The molecule has 1 aromatic rings. The molecule has 25 heavy (non-hydrogen) atoms. The van der Waals surface area contributed by atoms with E-state index in [1.54, 1.807) is 24.3 Å². The molecule has 4 unspecified atom stereocenters. The van der Waals surface area contributed by atoms with E-state index in [9.17, 15) is 25.7 Å². The minimum atomic E-state index is -1.89. The Morgan fingerprint density at radius 1 is 1.20 bits per heavy atom. The van der Waals surface area contributed by atoms with Crippen molar-refractivity contribution in [2.75, 3.05) is 0 Å². The van der Waals surface area contributed by atoms with Crippen LogP contribution < -0.4 is 5.32 Å². The molecule has 3 rings (SSSR count). The molecule has 2 bridgehead atoms. The van der Waals surface area contributed by atoms with Crippen molar-refractivity contribution >= 4 is 5.91 Å². The maximum absolute atomic E-state index is 12.7. The number of benzene rings is 1. The molecule has 0 radical (unpaired) electrons. The van der Waals surface area contributed by atoms with Crippen LogP contribution in [0, 0.1) is 50.7 Å². The predicted octanol–water partition coefficient (Wildman–Crippen LogP) is 1.95. The SMILES string of the molecule is CCCC1C(c2ccccc2)C(C#N)(C#N)C2(C#N)CC1(O)NC2=O. The largest absolute Gasteiger partial charge is 0.371 e. The molecule has 1 heterocycles. The Kier molecular flexibility index (Phi) is 3.79. The van der Waals surface area contributed by atoms with E-state index < -0.39 is 34.3 Å². The molecule has 0 spiro atoms. The van der Waals surface area contributed by atoms with E-state index in [2.05, 4.69) is 5.32 Å². The fourth-order valence-corrected chi connectivity index (χ4v) is 4.61. The van der Waals surface area contributed by atoms with Crippen LogP contribution in [0.3, 0.4) is 0 Å². The third kappa shape index (κ3) is 1.94. The van der Waals surface area contributed by atoms with E-state index in [0.717, 1.165) is 0 Å². The molecule has 6 nitrogen and oxygen atoms in total. The lowest BCUT2D eigenvalue weighted by atomic mass is 9.48. The number of fused-ring (bicyclic) bond motifs is 2. The number of nitrogens with one attached hydrogen (secondary N) is 1. The number of hydrogen-bond acceptors (Lipinski definition) is 5. The summed E-state index contributed by atoms with van der Waals surface area (Å²) in [7, 11) is 0. The van der Waals surface area contributed by atoms with Crippen LogP contribution in [0.15, 0.2) is 30.3 Å². The first-order valence-corrected chi connectivity index (χ1v) is 8.28. The fourth-order valence-electron chi connectivity index (χ4n) is 4.61. The van der Waals surface area contributed by atoms with Crippen molar-refractivity contribution in [3.63, 3.8) is 0 Å². The Bertz CT molecular complexity index is 818. The molecule has 1 amide bonds. The van der Waals surface area contributed by atoms with Crippen LogP contribution in [-0.4, -0.2) is 16.7 Å². The second kappa shape index (κ2) is 5.59. The van der Waals surface area contributed by atoms with E-state index in [1.807, 2.05) is 31.2 Å². The summed E-state index contributed by atoms with van der Waals surface area (Å²) in [5.74, 6) is -2.02. The topological polar surface area (TPSA) is 121 Å². The number of hydrogen-bond donors (Lipinski definition) is 2. The molecule has 1 aromatic carbocycles. The number of nitriles is 3. The van der Waals surface area contributed by atoms with Crippen LogP contribution in [-0.2, 0) is 4.79 Å². The average Bonchev–Trinajstić information content (AvgIpc) is 2.88. The van der Waals surface area contributed by atoms with Crippen molar-refractivity contribution in [2.45, 2.75) is 37.8 Å². The zero-order chi connectivity index (χ0) is 18.3. The van der Waals surface area contributed by atoms with Crippen molar-refractivity contribution in [3.05, 3.63) is 35.9 Å². The van der Waals surface area contributed by atoms with E-state index in [-0.39, 0.29) is 6.42 Å². The number of aliphatic hydroxyl groups is 1. The summed E-state index contributed by atoms with van der Waals surface area (Å²) in [5.41, 5.74) is -4.68. The number of rotatable bonds is 3. The number of nitrogens with zero attached hydrogens (tertiary/aromatic N) is 3. The highest BCUT2D eigenvalue weighted by Crippen LogP contribution is 2.65. The van der Waals surface area contributed by atoms with Gasteiger partial charge in [0, 0.05) is 18.3 Å². The highest BCUT2D eigenvalue weighted by atomic mass is 16.3. The second-order valence-corrected chi connectivity index (χ2v) is 6.89. The van der Waals surface area contributed by atoms with Crippen LogP contribution in [0.5, 0.6) is 0 Å². The van der Waals surface area contributed by atoms with Gasteiger partial charge in [0.05, 0.1) is 18.2 Å². The molecule has 0 aromatic heterocycles. The molecule has 126 valence electrons. The van der Waals surface area contributed by atoms with E-state index in [4.69, 9.17) is 0 Å². The van der Waals surface area contributed by atoms with Crippen molar-refractivity contribution in [1.29, 1.82) is 15.8 Å². The molecule has 2 fully saturated rings. The Hall–Kier alpha value is -2.88. The number of amides is 1. The molecule has 2 aliphatic rings. The lowest BCUT2D eigenvalue weighted by Gasteiger charge is -2.49. The Labute approximate surface area is 146 Å². The third-order valence-corrected chi connectivity index (χ3v) is 5.71. The average molecular weight is 334 g/mol. The van der Waals surface area contributed by atoms with Crippen LogP contribution in [0.1, 0.15) is 37.7 Å². The van der Waals surface area contributed by atoms with Gasteiger partial charge in [-0.1, -0.05) is 43.7 Å². The Morgan fingerprint density at radius 3 is 2.36 bits per heavy atom. The Balaban J connectivity index is 2.35. The first kappa shape index (κ1) is 17.0. The molecule has 1 saturated heterocycles. The van der Waals surface area contributed by atoms with Gasteiger partial charge in [-0.2, -0.15) is 15.8 Å². The Morgan fingerprint density at radius 2 is 1.84 bits per heavy atom. The molecule has 1 saturated carbocycles. The molecular weight excluding hydrogens is 316 g/mol. The first-order chi connectivity index (χ1) is 11.9. The molecule has 4 atom stereocenters. The van der Waals surface area contributed by atoms with Gasteiger partial charge >= 0.3 is 0 Å². The van der Waals surface area contributed by atoms with Gasteiger partial charge in [-0.15, -0.1) is 0 Å². The van der Waals surface area contributed by atoms with E-state index >= 15 is 0 Å². The quantitative estimate of drug-likeness (QED) is 0.875. The summed E-state index contributed by atoms with van der Waals surface area (Å²) >= 11 is 0. The molecule has 6 heteroatoms. The molecule has 1 aliphatic heterocycles. The number of carbonyl (C=O) groups excluding carboxylic acids is 1. The maximum atomic E-state index is 12.7. The highest BCUT2D eigenvalue weighted by Gasteiger charge is 2.76. The zero-order valence-corrected chi connectivity index (χ0v) is 13.9. The van der Waals surface area contributed by atoms with Crippen LogP contribution in [0.25, 0.3) is 0 Å². The predicted molar refractivity (Wildman–Crippen MR) is 87.0 cm³/mol.